The number of aromatic nitrogens is 4. The second kappa shape index (κ2) is 7.48. The van der Waals surface area contributed by atoms with Gasteiger partial charge in [0.25, 0.3) is 0 Å². The summed E-state index contributed by atoms with van der Waals surface area (Å²) >= 11 is 0. The van der Waals surface area contributed by atoms with Crippen LogP contribution in [0, 0.1) is 5.92 Å². The van der Waals surface area contributed by atoms with Crippen molar-refractivity contribution in [3.05, 3.63) is 41.2 Å². The second-order valence-corrected chi connectivity index (χ2v) is 5.38. The van der Waals surface area contributed by atoms with E-state index in [4.69, 9.17) is 5.73 Å². The first-order valence-corrected chi connectivity index (χ1v) is 7.37. The van der Waals surface area contributed by atoms with Gasteiger partial charge >= 0.3 is 5.97 Å². The first-order chi connectivity index (χ1) is 11.0. The van der Waals surface area contributed by atoms with Crippen molar-refractivity contribution < 1.29 is 14.7 Å². The molecule has 0 aliphatic rings. The summed E-state index contributed by atoms with van der Waals surface area (Å²) in [5.41, 5.74) is 6.51. The number of benzene rings is 1. The van der Waals surface area contributed by atoms with Crippen LogP contribution in [0.2, 0.25) is 0 Å². The molecule has 8 nitrogen and oxygen atoms in total. The zero-order chi connectivity index (χ0) is 16.8. The number of carbonyl (C=O) groups excluding carboxylic acids is 1. The molecule has 4 N–H and O–H groups in total. The average Bonchev–Trinajstić information content (AvgIpc) is 3.05. The zero-order valence-corrected chi connectivity index (χ0v) is 12.8. The van der Waals surface area contributed by atoms with Crippen LogP contribution in [0.5, 0.6) is 0 Å². The molecule has 0 aliphatic carbocycles. The molecule has 1 unspecified atom stereocenters. The number of tetrazole rings is 1. The molecule has 2 aromatic rings. The van der Waals surface area contributed by atoms with Crippen LogP contribution in [-0.4, -0.2) is 37.6 Å². The van der Waals surface area contributed by atoms with E-state index in [1.807, 2.05) is 6.92 Å². The van der Waals surface area contributed by atoms with Crippen molar-refractivity contribution in [2.45, 2.75) is 32.1 Å². The number of nitrogens with zero attached hydrogens (tertiary/aromatic N) is 3. The number of hydrogen-bond acceptors (Lipinski definition) is 5. The lowest BCUT2D eigenvalue weighted by molar-refractivity contribution is -0.142. The van der Waals surface area contributed by atoms with Gasteiger partial charge in [-0.2, -0.15) is 5.21 Å². The Labute approximate surface area is 133 Å². The fourth-order valence-electron chi connectivity index (χ4n) is 2.61. The van der Waals surface area contributed by atoms with Crippen LogP contribution in [0.1, 0.15) is 47.4 Å². The van der Waals surface area contributed by atoms with Crippen LogP contribution in [0.3, 0.4) is 0 Å². The van der Waals surface area contributed by atoms with Crippen LogP contribution in [0.25, 0.3) is 0 Å². The lowest BCUT2D eigenvalue weighted by Crippen LogP contribution is -2.25. The fourth-order valence-corrected chi connectivity index (χ4v) is 2.61. The molecule has 8 heteroatoms. The highest BCUT2D eigenvalue weighted by Gasteiger charge is 2.31. The summed E-state index contributed by atoms with van der Waals surface area (Å²) in [7, 11) is 0. The van der Waals surface area contributed by atoms with Gasteiger partial charge in [0, 0.05) is 11.5 Å². The lowest BCUT2D eigenvalue weighted by atomic mass is 9.83. The summed E-state index contributed by atoms with van der Waals surface area (Å²) in [5, 5.41) is 23.3. The monoisotopic (exact) mass is 317 g/mol. The van der Waals surface area contributed by atoms with Crippen LogP contribution in [0.15, 0.2) is 24.3 Å². The third-order valence-electron chi connectivity index (χ3n) is 3.79. The highest BCUT2D eigenvalue weighted by molar-refractivity contribution is 5.92. The molecule has 122 valence electrons. The zero-order valence-electron chi connectivity index (χ0n) is 12.8. The van der Waals surface area contributed by atoms with Crippen LogP contribution >= 0.6 is 0 Å². The Balaban J connectivity index is 2.27. The number of rotatable bonds is 8. The summed E-state index contributed by atoms with van der Waals surface area (Å²) in [5.74, 6) is -2.00. The van der Waals surface area contributed by atoms with Crippen LogP contribution in [-0.2, 0) is 11.2 Å². The topological polar surface area (TPSA) is 135 Å². The molecule has 0 saturated heterocycles. The number of amides is 1. The van der Waals surface area contributed by atoms with E-state index < -0.39 is 23.7 Å². The third kappa shape index (κ3) is 4.12. The molecule has 1 aromatic carbocycles. The fraction of sp³-hybridized carbons (Fsp3) is 0.400. The summed E-state index contributed by atoms with van der Waals surface area (Å²) < 4.78 is 0. The number of H-pyrrole nitrogens is 1. The van der Waals surface area contributed by atoms with Gasteiger partial charge in [0.05, 0.1) is 5.92 Å². The summed E-state index contributed by atoms with van der Waals surface area (Å²) in [6.45, 7) is 1.94. The normalized spacial score (nSPS) is 13.4. The van der Waals surface area contributed by atoms with E-state index in [1.54, 1.807) is 24.3 Å². The molecule has 2 rings (SSSR count). The van der Waals surface area contributed by atoms with Crippen molar-refractivity contribution in [1.29, 1.82) is 0 Å². The van der Waals surface area contributed by atoms with Gasteiger partial charge in [-0.25, -0.2) is 0 Å². The molecular weight excluding hydrogens is 298 g/mol. The van der Waals surface area contributed by atoms with Gasteiger partial charge in [-0.15, -0.1) is 10.2 Å². The molecule has 0 bridgehead atoms. The van der Waals surface area contributed by atoms with E-state index in [0.29, 0.717) is 24.2 Å². The number of nitrogens with two attached hydrogens (primary N) is 1. The summed E-state index contributed by atoms with van der Waals surface area (Å²) in [4.78, 5) is 22.7. The van der Waals surface area contributed by atoms with E-state index in [2.05, 4.69) is 20.6 Å². The predicted molar refractivity (Wildman–Crippen MR) is 81.6 cm³/mol. The Hall–Kier alpha value is -2.77. The Morgan fingerprint density at radius 2 is 2.00 bits per heavy atom. The Morgan fingerprint density at radius 3 is 2.48 bits per heavy atom. The molecule has 0 radical (unpaired) electrons. The van der Waals surface area contributed by atoms with Gasteiger partial charge in [0.2, 0.25) is 5.91 Å². The number of primary amides is 1. The molecule has 1 heterocycles. The highest BCUT2D eigenvalue weighted by Crippen LogP contribution is 2.29. The average molecular weight is 317 g/mol. The van der Waals surface area contributed by atoms with E-state index in [0.717, 1.165) is 12.0 Å². The van der Waals surface area contributed by atoms with Crippen LogP contribution < -0.4 is 5.73 Å². The first kappa shape index (κ1) is 16.6. The predicted octanol–water partition coefficient (Wildman–Crippen LogP) is 1.13. The molecule has 23 heavy (non-hydrogen) atoms. The van der Waals surface area contributed by atoms with Crippen LogP contribution in [0.4, 0.5) is 0 Å². The number of carboxylic acids is 1. The first-order valence-electron chi connectivity index (χ1n) is 7.37. The molecule has 1 amide bonds. The van der Waals surface area contributed by atoms with Crippen molar-refractivity contribution >= 4 is 11.9 Å². The number of carboxylic acid groups (broad SMARTS) is 1. The number of aromatic amines is 1. The molecule has 2 atom stereocenters. The van der Waals surface area contributed by atoms with Gasteiger partial charge in [0.1, 0.15) is 0 Å². The minimum Gasteiger partial charge on any atom is -0.481 e. The third-order valence-corrected chi connectivity index (χ3v) is 3.79. The lowest BCUT2D eigenvalue weighted by Gasteiger charge is -2.21. The smallest absolute Gasteiger partial charge is 0.307 e. The maximum atomic E-state index is 11.6. The summed E-state index contributed by atoms with van der Waals surface area (Å²) in [6, 6.07) is 6.77. The van der Waals surface area contributed by atoms with E-state index in [-0.39, 0.29) is 0 Å². The second-order valence-electron chi connectivity index (χ2n) is 5.38. The Kier molecular flexibility index (Phi) is 5.40. The standard InChI is InChI=1S/C15H19N5O3/c1-2-3-11(15(22)23)12(14-17-19-20-18-14)8-9-4-6-10(7-5-9)13(16)21/h4-7,11-12H,2-3,8H2,1H3,(H2,16,21)(H,22,23)(H,17,18,19,20)/t11?,12-/m0/s1. The number of aliphatic carboxylic acids is 1. The molecule has 0 saturated carbocycles. The number of hydrogen-bond donors (Lipinski definition) is 3. The van der Waals surface area contributed by atoms with Crippen molar-refractivity contribution in [3.8, 4) is 0 Å². The quantitative estimate of drug-likeness (QED) is 0.668. The minimum atomic E-state index is -0.879. The summed E-state index contributed by atoms with van der Waals surface area (Å²) in [6.07, 6.45) is 1.70. The SMILES string of the molecule is CCCC(C(=O)O)[C@H](Cc1ccc(C(N)=O)cc1)c1nn[nH]n1. The van der Waals surface area contributed by atoms with Gasteiger partial charge in [-0.3, -0.25) is 9.59 Å². The Morgan fingerprint density at radius 1 is 1.30 bits per heavy atom. The van der Waals surface area contributed by atoms with Gasteiger partial charge in [-0.05, 0) is 30.5 Å². The van der Waals surface area contributed by atoms with Crippen molar-refractivity contribution in [1.82, 2.24) is 20.6 Å². The van der Waals surface area contributed by atoms with Crippen molar-refractivity contribution in [3.63, 3.8) is 0 Å². The van der Waals surface area contributed by atoms with Gasteiger partial charge < -0.3 is 10.8 Å². The molecule has 1 aromatic heterocycles. The van der Waals surface area contributed by atoms with E-state index in [9.17, 15) is 14.7 Å². The van der Waals surface area contributed by atoms with Gasteiger partial charge in [0.15, 0.2) is 5.82 Å². The van der Waals surface area contributed by atoms with E-state index >= 15 is 0 Å². The van der Waals surface area contributed by atoms with E-state index in [1.165, 1.54) is 0 Å². The largest absolute Gasteiger partial charge is 0.481 e. The molecule has 0 aliphatic heterocycles. The Bertz CT molecular complexity index is 654. The maximum absolute atomic E-state index is 11.6. The van der Waals surface area contributed by atoms with Crippen molar-refractivity contribution in [2.24, 2.45) is 11.7 Å². The van der Waals surface area contributed by atoms with Gasteiger partial charge in [-0.1, -0.05) is 30.7 Å². The number of nitrogens with one attached hydrogen (secondary N) is 1. The molecule has 0 fully saturated rings. The highest BCUT2D eigenvalue weighted by atomic mass is 16.4. The molecule has 0 spiro atoms. The van der Waals surface area contributed by atoms with Crippen molar-refractivity contribution in [2.75, 3.05) is 0 Å². The number of carbonyl (C=O) groups is 2. The minimum absolute atomic E-state index is 0.379. The maximum Gasteiger partial charge on any atom is 0.307 e. The molecular formula is C15H19N5O3.